The number of hydrogen-bond donors (Lipinski definition) is 0. The van der Waals surface area contributed by atoms with Crippen molar-refractivity contribution in [3.05, 3.63) is 47.6 Å². The van der Waals surface area contributed by atoms with Gasteiger partial charge in [-0.2, -0.15) is 0 Å². The summed E-state index contributed by atoms with van der Waals surface area (Å²) in [5.74, 6) is 0.964. The molecule has 1 fully saturated rings. The lowest BCUT2D eigenvalue weighted by molar-refractivity contribution is 0.0977. The van der Waals surface area contributed by atoms with Crippen molar-refractivity contribution in [2.75, 3.05) is 26.2 Å². The Morgan fingerprint density at radius 1 is 1.29 bits per heavy atom. The number of aryl methyl sites for hydroxylation is 1. The van der Waals surface area contributed by atoms with Gasteiger partial charge in [0, 0.05) is 37.0 Å². The second-order valence-electron chi connectivity index (χ2n) is 6.64. The molecule has 1 saturated heterocycles. The largest absolute Gasteiger partial charge is 0.360 e. The summed E-state index contributed by atoms with van der Waals surface area (Å²) < 4.78 is 5.46. The maximum atomic E-state index is 5.46. The first-order valence-electron chi connectivity index (χ1n) is 9.03. The van der Waals surface area contributed by atoms with Gasteiger partial charge in [-0.1, -0.05) is 18.1 Å². The fraction of sp³-hybridized carbons (Fsp3) is 0.579. The van der Waals surface area contributed by atoms with Crippen LogP contribution in [0.2, 0.25) is 0 Å². The molecule has 0 spiro atoms. The zero-order chi connectivity index (χ0) is 16.8. The molecule has 24 heavy (non-hydrogen) atoms. The van der Waals surface area contributed by atoms with Gasteiger partial charge in [-0.05, 0) is 51.5 Å². The van der Waals surface area contributed by atoms with E-state index in [1.54, 1.807) is 0 Å². The first-order chi connectivity index (χ1) is 11.7. The molecule has 0 aliphatic carbocycles. The van der Waals surface area contributed by atoms with Crippen LogP contribution in [-0.2, 0) is 13.0 Å². The maximum Gasteiger partial charge on any atom is 0.150 e. The molecule has 0 atom stereocenters. The molecule has 2 aromatic rings. The fourth-order valence-corrected chi connectivity index (χ4v) is 3.49. The topological polar surface area (TPSA) is 45.4 Å². The molecule has 0 aromatic carbocycles. The van der Waals surface area contributed by atoms with Crippen LogP contribution in [0.1, 0.15) is 36.9 Å². The van der Waals surface area contributed by atoms with E-state index in [1.165, 1.54) is 25.9 Å². The third-order valence-corrected chi connectivity index (χ3v) is 4.94. The highest BCUT2D eigenvalue weighted by Crippen LogP contribution is 2.20. The third-order valence-electron chi connectivity index (χ3n) is 4.94. The highest BCUT2D eigenvalue weighted by Gasteiger charge is 2.25. The molecule has 5 nitrogen and oxygen atoms in total. The summed E-state index contributed by atoms with van der Waals surface area (Å²) in [6.45, 7) is 9.61. The van der Waals surface area contributed by atoms with Gasteiger partial charge in [0.1, 0.15) is 0 Å². The molecule has 0 N–H and O–H groups in total. The standard InChI is InChI=1S/C19H28N4O/c1-3-22-11-8-18(9-12-22)23(15-19-14-16(2)21-24-19)13-7-17-6-4-5-10-20-17/h4-6,10,14,18H,3,7-9,11-13,15H2,1-2H3. The van der Waals surface area contributed by atoms with Gasteiger partial charge in [0.2, 0.25) is 0 Å². The molecular formula is C19H28N4O. The number of hydrogen-bond acceptors (Lipinski definition) is 5. The van der Waals surface area contributed by atoms with E-state index in [0.29, 0.717) is 6.04 Å². The van der Waals surface area contributed by atoms with E-state index >= 15 is 0 Å². The highest BCUT2D eigenvalue weighted by atomic mass is 16.5. The van der Waals surface area contributed by atoms with Gasteiger partial charge >= 0.3 is 0 Å². The van der Waals surface area contributed by atoms with Crippen LogP contribution in [0, 0.1) is 6.92 Å². The molecule has 0 amide bonds. The Labute approximate surface area is 144 Å². The summed E-state index contributed by atoms with van der Waals surface area (Å²) in [6, 6.07) is 8.80. The van der Waals surface area contributed by atoms with Crippen molar-refractivity contribution in [1.29, 1.82) is 0 Å². The van der Waals surface area contributed by atoms with E-state index in [0.717, 1.165) is 43.2 Å². The fourth-order valence-electron chi connectivity index (χ4n) is 3.49. The zero-order valence-corrected chi connectivity index (χ0v) is 14.8. The van der Waals surface area contributed by atoms with Crippen molar-refractivity contribution in [2.24, 2.45) is 0 Å². The highest BCUT2D eigenvalue weighted by molar-refractivity contribution is 5.05. The van der Waals surface area contributed by atoms with Crippen LogP contribution in [-0.4, -0.2) is 52.2 Å². The van der Waals surface area contributed by atoms with Gasteiger partial charge in [-0.25, -0.2) is 0 Å². The molecule has 130 valence electrons. The summed E-state index contributed by atoms with van der Waals surface area (Å²) in [5.41, 5.74) is 2.11. The van der Waals surface area contributed by atoms with Crippen molar-refractivity contribution in [3.8, 4) is 0 Å². The average molecular weight is 328 g/mol. The Morgan fingerprint density at radius 2 is 2.12 bits per heavy atom. The van der Waals surface area contributed by atoms with E-state index in [1.807, 2.05) is 19.2 Å². The smallest absolute Gasteiger partial charge is 0.150 e. The van der Waals surface area contributed by atoms with Gasteiger partial charge in [0.15, 0.2) is 5.76 Å². The van der Waals surface area contributed by atoms with Crippen molar-refractivity contribution >= 4 is 0 Å². The number of aromatic nitrogens is 2. The van der Waals surface area contributed by atoms with E-state index < -0.39 is 0 Å². The minimum Gasteiger partial charge on any atom is -0.360 e. The maximum absolute atomic E-state index is 5.46. The summed E-state index contributed by atoms with van der Waals surface area (Å²) in [6.07, 6.45) is 5.30. The number of pyridine rings is 1. The van der Waals surface area contributed by atoms with Crippen LogP contribution in [0.15, 0.2) is 35.0 Å². The minimum atomic E-state index is 0.613. The summed E-state index contributed by atoms with van der Waals surface area (Å²) in [4.78, 5) is 9.55. The Kier molecular flexibility index (Phi) is 5.99. The molecule has 3 rings (SSSR count). The van der Waals surface area contributed by atoms with Crippen LogP contribution < -0.4 is 0 Å². The first kappa shape index (κ1) is 17.1. The molecule has 0 bridgehead atoms. The molecule has 5 heteroatoms. The Bertz CT molecular complexity index is 605. The third kappa shape index (κ3) is 4.65. The number of piperidine rings is 1. The lowest BCUT2D eigenvalue weighted by atomic mass is 10.0. The van der Waals surface area contributed by atoms with Crippen LogP contribution in [0.3, 0.4) is 0 Å². The lowest BCUT2D eigenvalue weighted by Gasteiger charge is -2.37. The van der Waals surface area contributed by atoms with E-state index in [4.69, 9.17) is 4.52 Å². The van der Waals surface area contributed by atoms with Crippen molar-refractivity contribution in [2.45, 2.75) is 45.7 Å². The molecule has 2 aromatic heterocycles. The Balaban J connectivity index is 1.63. The second-order valence-corrected chi connectivity index (χ2v) is 6.64. The number of rotatable bonds is 7. The number of likely N-dealkylation sites (tertiary alicyclic amines) is 1. The van der Waals surface area contributed by atoms with Crippen LogP contribution in [0.25, 0.3) is 0 Å². The van der Waals surface area contributed by atoms with E-state index in [-0.39, 0.29) is 0 Å². The molecule has 3 heterocycles. The quantitative estimate of drug-likeness (QED) is 0.782. The normalized spacial score (nSPS) is 16.8. The van der Waals surface area contributed by atoms with Crippen LogP contribution >= 0.6 is 0 Å². The van der Waals surface area contributed by atoms with Gasteiger partial charge in [0.05, 0.1) is 12.2 Å². The van der Waals surface area contributed by atoms with E-state index in [2.05, 4.69) is 45.1 Å². The molecular weight excluding hydrogens is 300 g/mol. The predicted molar refractivity (Wildman–Crippen MR) is 94.7 cm³/mol. The average Bonchev–Trinajstić information content (AvgIpc) is 3.04. The predicted octanol–water partition coefficient (Wildman–Crippen LogP) is 2.91. The SMILES string of the molecule is CCN1CCC(N(CCc2ccccn2)Cc2cc(C)no2)CC1. The summed E-state index contributed by atoms with van der Waals surface area (Å²) in [7, 11) is 0. The van der Waals surface area contributed by atoms with Gasteiger partial charge < -0.3 is 9.42 Å². The molecule has 0 radical (unpaired) electrons. The lowest BCUT2D eigenvalue weighted by Crippen LogP contribution is -2.45. The Morgan fingerprint density at radius 3 is 2.75 bits per heavy atom. The van der Waals surface area contributed by atoms with Crippen LogP contribution in [0.4, 0.5) is 0 Å². The van der Waals surface area contributed by atoms with Crippen molar-refractivity contribution in [3.63, 3.8) is 0 Å². The summed E-state index contributed by atoms with van der Waals surface area (Å²) in [5, 5.41) is 4.04. The second kappa shape index (κ2) is 8.40. The zero-order valence-electron chi connectivity index (χ0n) is 14.8. The van der Waals surface area contributed by atoms with Crippen molar-refractivity contribution < 1.29 is 4.52 Å². The molecule has 0 unspecified atom stereocenters. The van der Waals surface area contributed by atoms with Crippen LogP contribution in [0.5, 0.6) is 0 Å². The molecule has 1 aliphatic heterocycles. The molecule has 0 saturated carbocycles. The monoisotopic (exact) mass is 328 g/mol. The van der Waals surface area contributed by atoms with Gasteiger partial charge in [-0.3, -0.25) is 9.88 Å². The first-order valence-corrected chi connectivity index (χ1v) is 9.03. The van der Waals surface area contributed by atoms with Gasteiger partial charge in [0.25, 0.3) is 0 Å². The van der Waals surface area contributed by atoms with Gasteiger partial charge in [-0.15, -0.1) is 0 Å². The molecule has 1 aliphatic rings. The van der Waals surface area contributed by atoms with Crippen molar-refractivity contribution in [1.82, 2.24) is 19.9 Å². The number of nitrogens with zero attached hydrogens (tertiary/aromatic N) is 4. The van der Waals surface area contributed by atoms with E-state index in [9.17, 15) is 0 Å². The Hall–Kier alpha value is -1.72. The minimum absolute atomic E-state index is 0.613. The summed E-state index contributed by atoms with van der Waals surface area (Å²) >= 11 is 0.